The second-order valence-corrected chi connectivity index (χ2v) is 10.5. The van der Waals surface area contributed by atoms with Gasteiger partial charge in [-0.25, -0.2) is 14.4 Å². The molecule has 0 bridgehead atoms. The van der Waals surface area contributed by atoms with Crippen LogP contribution in [0, 0.1) is 0 Å². The molecule has 2 aromatic carbocycles. The summed E-state index contributed by atoms with van der Waals surface area (Å²) in [7, 11) is 0. The Morgan fingerprint density at radius 3 is 1.90 bits per heavy atom. The third-order valence-electron chi connectivity index (χ3n) is 6.27. The van der Waals surface area contributed by atoms with Gasteiger partial charge in [-0.3, -0.25) is 9.59 Å². The second-order valence-electron chi connectivity index (χ2n) is 10.5. The molecule has 2 atom stereocenters. The summed E-state index contributed by atoms with van der Waals surface area (Å²) in [6, 6.07) is 13.0. The molecule has 0 aromatic heterocycles. The van der Waals surface area contributed by atoms with Gasteiger partial charge in [0.25, 0.3) is 0 Å². The summed E-state index contributed by atoms with van der Waals surface area (Å²) in [6.45, 7) is 4.98. The molecule has 11 heteroatoms. The van der Waals surface area contributed by atoms with Gasteiger partial charge in [0.15, 0.2) is 0 Å². The van der Waals surface area contributed by atoms with E-state index in [1.54, 1.807) is 20.8 Å². The van der Waals surface area contributed by atoms with E-state index >= 15 is 0 Å². The van der Waals surface area contributed by atoms with Crippen LogP contribution >= 0.6 is 0 Å². The van der Waals surface area contributed by atoms with Gasteiger partial charge < -0.3 is 30.3 Å². The molecule has 0 saturated heterocycles. The molecule has 0 heterocycles. The van der Waals surface area contributed by atoms with Crippen molar-refractivity contribution >= 4 is 29.9 Å². The SMILES string of the molecule is CC(C)(C)OC(=O)C(CCC(=O)N[C@@H](CCC(=O)O)C(=O)O)NC(=O)OCC1c2ccccc2-c2ccccc21. The van der Waals surface area contributed by atoms with Crippen molar-refractivity contribution in [3.8, 4) is 11.1 Å². The number of carbonyl (C=O) groups excluding carboxylic acids is 3. The van der Waals surface area contributed by atoms with E-state index in [1.165, 1.54) is 0 Å². The quantitative estimate of drug-likeness (QED) is 0.287. The van der Waals surface area contributed by atoms with Gasteiger partial charge in [-0.15, -0.1) is 0 Å². The molecule has 0 saturated carbocycles. The number of carbonyl (C=O) groups is 5. The number of ether oxygens (including phenoxy) is 2. The number of rotatable bonds is 12. The summed E-state index contributed by atoms with van der Waals surface area (Å²) in [5, 5.41) is 22.8. The van der Waals surface area contributed by atoms with Gasteiger partial charge >= 0.3 is 24.0 Å². The lowest BCUT2D eigenvalue weighted by Gasteiger charge is -2.25. The lowest BCUT2D eigenvalue weighted by Crippen LogP contribution is -2.46. The predicted molar refractivity (Wildman–Crippen MR) is 144 cm³/mol. The van der Waals surface area contributed by atoms with Gasteiger partial charge in [-0.1, -0.05) is 48.5 Å². The number of amides is 2. The van der Waals surface area contributed by atoms with E-state index in [0.29, 0.717) is 0 Å². The second kappa shape index (κ2) is 13.1. The van der Waals surface area contributed by atoms with Crippen LogP contribution in [-0.2, 0) is 28.7 Å². The Morgan fingerprint density at radius 1 is 0.825 bits per heavy atom. The van der Waals surface area contributed by atoms with Crippen molar-refractivity contribution in [2.75, 3.05) is 6.61 Å². The molecular formula is C29H34N2O9. The smallest absolute Gasteiger partial charge is 0.407 e. The molecule has 1 unspecified atom stereocenters. The Bertz CT molecular complexity index is 1220. The van der Waals surface area contributed by atoms with Crippen LogP contribution in [0.1, 0.15) is 63.5 Å². The molecule has 4 N–H and O–H groups in total. The number of benzene rings is 2. The number of esters is 1. The molecule has 0 radical (unpaired) electrons. The largest absolute Gasteiger partial charge is 0.481 e. The van der Waals surface area contributed by atoms with E-state index in [4.69, 9.17) is 14.6 Å². The minimum atomic E-state index is -1.40. The van der Waals surface area contributed by atoms with E-state index in [9.17, 15) is 29.1 Å². The van der Waals surface area contributed by atoms with Crippen LogP contribution in [0.3, 0.4) is 0 Å². The highest BCUT2D eigenvalue weighted by Gasteiger charge is 2.31. The molecule has 0 aliphatic heterocycles. The first-order chi connectivity index (χ1) is 18.9. The maximum Gasteiger partial charge on any atom is 0.407 e. The fraction of sp³-hybridized carbons (Fsp3) is 0.414. The number of carboxylic acid groups (broad SMARTS) is 2. The van der Waals surface area contributed by atoms with E-state index < -0.39 is 54.0 Å². The lowest BCUT2D eigenvalue weighted by atomic mass is 9.98. The number of fused-ring (bicyclic) bond motifs is 3. The normalized spacial score (nSPS) is 13.8. The zero-order valence-corrected chi connectivity index (χ0v) is 22.6. The van der Waals surface area contributed by atoms with Crippen LogP contribution in [0.15, 0.2) is 48.5 Å². The van der Waals surface area contributed by atoms with Gasteiger partial charge in [0.2, 0.25) is 5.91 Å². The minimum Gasteiger partial charge on any atom is -0.481 e. The van der Waals surface area contributed by atoms with Crippen molar-refractivity contribution in [1.29, 1.82) is 0 Å². The van der Waals surface area contributed by atoms with Crippen molar-refractivity contribution in [1.82, 2.24) is 10.6 Å². The topological polar surface area (TPSA) is 168 Å². The lowest BCUT2D eigenvalue weighted by molar-refractivity contribution is -0.157. The summed E-state index contributed by atoms with van der Waals surface area (Å²) in [5.41, 5.74) is 3.30. The molecular weight excluding hydrogens is 520 g/mol. The van der Waals surface area contributed by atoms with Crippen LogP contribution in [0.2, 0.25) is 0 Å². The van der Waals surface area contributed by atoms with Crippen LogP contribution in [-0.4, -0.2) is 64.4 Å². The van der Waals surface area contributed by atoms with Crippen LogP contribution in [0.25, 0.3) is 11.1 Å². The van der Waals surface area contributed by atoms with Gasteiger partial charge in [-0.05, 0) is 55.9 Å². The summed E-state index contributed by atoms with van der Waals surface area (Å²) < 4.78 is 10.9. The first-order valence-corrected chi connectivity index (χ1v) is 12.9. The van der Waals surface area contributed by atoms with E-state index in [-0.39, 0.29) is 31.8 Å². The van der Waals surface area contributed by atoms with Crippen molar-refractivity contribution in [3.63, 3.8) is 0 Å². The molecule has 1 aliphatic carbocycles. The van der Waals surface area contributed by atoms with E-state index in [0.717, 1.165) is 22.3 Å². The fourth-order valence-electron chi connectivity index (χ4n) is 4.47. The van der Waals surface area contributed by atoms with Crippen molar-refractivity contribution in [2.24, 2.45) is 0 Å². The number of carboxylic acids is 2. The average molecular weight is 555 g/mol. The van der Waals surface area contributed by atoms with Gasteiger partial charge in [0.1, 0.15) is 24.3 Å². The van der Waals surface area contributed by atoms with E-state index in [1.807, 2.05) is 48.5 Å². The summed E-state index contributed by atoms with van der Waals surface area (Å²) in [5.74, 6) is -4.27. The van der Waals surface area contributed by atoms with Crippen LogP contribution in [0.5, 0.6) is 0 Å². The average Bonchev–Trinajstić information content (AvgIpc) is 3.20. The number of hydrogen-bond acceptors (Lipinski definition) is 7. The van der Waals surface area contributed by atoms with Crippen molar-refractivity contribution in [3.05, 3.63) is 59.7 Å². The fourth-order valence-corrected chi connectivity index (χ4v) is 4.47. The summed E-state index contributed by atoms with van der Waals surface area (Å²) >= 11 is 0. The number of alkyl carbamates (subject to hydrolysis) is 1. The third-order valence-corrected chi connectivity index (χ3v) is 6.27. The Morgan fingerprint density at radius 2 is 1.38 bits per heavy atom. The van der Waals surface area contributed by atoms with Crippen molar-refractivity contribution in [2.45, 2.75) is 70.1 Å². The monoisotopic (exact) mass is 554 g/mol. The summed E-state index contributed by atoms with van der Waals surface area (Å²) in [4.78, 5) is 60.2. The van der Waals surface area contributed by atoms with Gasteiger partial charge in [0, 0.05) is 18.8 Å². The zero-order chi connectivity index (χ0) is 29.4. The number of aliphatic carboxylic acids is 2. The van der Waals surface area contributed by atoms with Crippen molar-refractivity contribution < 1.29 is 43.7 Å². The predicted octanol–water partition coefficient (Wildman–Crippen LogP) is 3.45. The number of nitrogens with one attached hydrogen (secondary N) is 2. The van der Waals surface area contributed by atoms with E-state index in [2.05, 4.69) is 10.6 Å². The molecule has 40 heavy (non-hydrogen) atoms. The Hall–Kier alpha value is -4.41. The number of hydrogen-bond donors (Lipinski definition) is 4. The van der Waals surface area contributed by atoms with Gasteiger partial charge in [-0.2, -0.15) is 0 Å². The third kappa shape index (κ3) is 8.29. The zero-order valence-electron chi connectivity index (χ0n) is 22.6. The first-order valence-electron chi connectivity index (χ1n) is 12.9. The minimum absolute atomic E-state index is 0.0191. The maximum atomic E-state index is 12.8. The first kappa shape index (κ1) is 30.1. The molecule has 2 aromatic rings. The summed E-state index contributed by atoms with van der Waals surface area (Å²) in [6.07, 6.45) is -2.14. The highest BCUT2D eigenvalue weighted by molar-refractivity contribution is 5.86. The molecule has 11 nitrogen and oxygen atoms in total. The molecule has 2 amide bonds. The standard InChI is InChI=1S/C29H34N2O9/c1-29(2,3)40-27(37)23(12-14-24(32)30-22(26(35)36)13-15-25(33)34)31-28(38)39-16-21-19-10-6-4-8-17(19)18-9-5-7-11-20(18)21/h4-11,21-23H,12-16H2,1-3H3,(H,30,32)(H,31,38)(H,33,34)(H,35,36)/t22-,23?/m0/s1. The Labute approximate surface area is 231 Å². The Kier molecular flexibility index (Phi) is 9.87. The molecule has 214 valence electrons. The van der Waals surface area contributed by atoms with Crippen LogP contribution in [0.4, 0.5) is 4.79 Å². The molecule has 3 rings (SSSR count). The molecule has 0 fully saturated rings. The molecule has 0 spiro atoms. The Balaban J connectivity index is 1.64. The highest BCUT2D eigenvalue weighted by atomic mass is 16.6. The maximum absolute atomic E-state index is 12.8. The van der Waals surface area contributed by atoms with Gasteiger partial charge in [0.05, 0.1) is 0 Å². The highest BCUT2D eigenvalue weighted by Crippen LogP contribution is 2.44. The van der Waals surface area contributed by atoms with Crippen LogP contribution < -0.4 is 10.6 Å². The molecule has 1 aliphatic rings.